The van der Waals surface area contributed by atoms with Crippen molar-refractivity contribution < 1.29 is 9.47 Å². The van der Waals surface area contributed by atoms with E-state index in [0.717, 1.165) is 29.0 Å². The fraction of sp³-hybridized carbons (Fsp3) is 0.474. The van der Waals surface area contributed by atoms with E-state index < -0.39 is 0 Å². The number of aliphatic imine (C=N–C) groups is 1. The van der Waals surface area contributed by atoms with Crippen molar-refractivity contribution in [3.8, 4) is 11.5 Å². The molecular formula is C19H26N4O2S. The number of guanidine groups is 1. The molecule has 6 nitrogen and oxygen atoms in total. The zero-order valence-corrected chi connectivity index (χ0v) is 16.6. The van der Waals surface area contributed by atoms with Crippen LogP contribution in [0.3, 0.4) is 0 Å². The summed E-state index contributed by atoms with van der Waals surface area (Å²) in [6.07, 6.45) is 1.89. The Bertz CT molecular complexity index is 786. The molecule has 0 saturated heterocycles. The van der Waals surface area contributed by atoms with Gasteiger partial charge in [-0.05, 0) is 24.6 Å². The van der Waals surface area contributed by atoms with E-state index in [9.17, 15) is 0 Å². The lowest BCUT2D eigenvalue weighted by Crippen LogP contribution is -2.43. The Morgan fingerprint density at radius 2 is 2.00 bits per heavy atom. The van der Waals surface area contributed by atoms with Gasteiger partial charge in [0.05, 0.1) is 6.54 Å². The van der Waals surface area contributed by atoms with Crippen LogP contribution in [0, 0.1) is 6.92 Å². The third kappa shape index (κ3) is 4.46. The molecule has 1 aromatic carbocycles. The average Bonchev–Trinajstić information content (AvgIpc) is 3.06. The lowest BCUT2D eigenvalue weighted by molar-refractivity contribution is 0.171. The molecule has 2 aromatic rings. The molecule has 1 aliphatic heterocycles. The molecule has 0 radical (unpaired) electrons. The van der Waals surface area contributed by atoms with Crippen LogP contribution in [-0.2, 0) is 12.0 Å². The van der Waals surface area contributed by atoms with E-state index >= 15 is 0 Å². The van der Waals surface area contributed by atoms with E-state index in [1.165, 1.54) is 10.4 Å². The summed E-state index contributed by atoms with van der Waals surface area (Å²) in [7, 11) is 1.78. The van der Waals surface area contributed by atoms with Gasteiger partial charge in [0, 0.05) is 30.1 Å². The molecular weight excluding hydrogens is 348 g/mol. The summed E-state index contributed by atoms with van der Waals surface area (Å²) >= 11 is 1.69. The molecule has 0 atom stereocenters. The normalized spacial score (nSPS) is 14.2. The second-order valence-corrected chi connectivity index (χ2v) is 8.21. The number of rotatable bonds is 5. The van der Waals surface area contributed by atoms with Crippen molar-refractivity contribution in [1.82, 2.24) is 15.6 Å². The number of ether oxygens (including phenoxy) is 2. The first-order valence-electron chi connectivity index (χ1n) is 8.74. The second kappa shape index (κ2) is 7.95. The summed E-state index contributed by atoms with van der Waals surface area (Å²) in [4.78, 5) is 9.88. The zero-order valence-electron chi connectivity index (χ0n) is 15.8. The van der Waals surface area contributed by atoms with Crippen LogP contribution in [-0.4, -0.2) is 37.7 Å². The molecule has 0 saturated carbocycles. The molecule has 1 aromatic heterocycles. The predicted octanol–water partition coefficient (Wildman–Crippen LogP) is 2.87. The summed E-state index contributed by atoms with van der Waals surface area (Å²) < 4.78 is 11.3. The van der Waals surface area contributed by atoms with Crippen molar-refractivity contribution in [2.75, 3.05) is 26.8 Å². The number of fused-ring (bicyclic) bond motifs is 1. The van der Waals surface area contributed by atoms with Crippen LogP contribution in [0.25, 0.3) is 0 Å². The van der Waals surface area contributed by atoms with Gasteiger partial charge in [-0.1, -0.05) is 19.9 Å². The number of benzene rings is 1. The molecule has 2 heterocycles. The van der Waals surface area contributed by atoms with Gasteiger partial charge in [0.15, 0.2) is 17.5 Å². The van der Waals surface area contributed by atoms with E-state index in [1.807, 2.05) is 12.3 Å². The largest absolute Gasteiger partial charge is 0.486 e. The van der Waals surface area contributed by atoms with Crippen LogP contribution < -0.4 is 20.1 Å². The van der Waals surface area contributed by atoms with E-state index in [2.05, 4.69) is 53.5 Å². The lowest BCUT2D eigenvalue weighted by atomic mass is 9.84. The molecule has 0 unspecified atom stereocenters. The summed E-state index contributed by atoms with van der Waals surface area (Å²) in [5.74, 6) is 2.41. The number of aromatic nitrogens is 1. The van der Waals surface area contributed by atoms with E-state index in [0.29, 0.717) is 19.8 Å². The molecule has 7 heteroatoms. The Kier molecular flexibility index (Phi) is 5.66. The SMILES string of the molecule is CN=C(NCc1ncc(C)s1)NCC(C)(C)c1ccc2c(c1)OCCO2. The highest BCUT2D eigenvalue weighted by Crippen LogP contribution is 2.34. The summed E-state index contributed by atoms with van der Waals surface area (Å²) in [6.45, 7) is 9.07. The summed E-state index contributed by atoms with van der Waals surface area (Å²) in [5, 5.41) is 7.78. The minimum Gasteiger partial charge on any atom is -0.486 e. The maximum Gasteiger partial charge on any atom is 0.191 e. The minimum atomic E-state index is -0.0920. The Balaban J connectivity index is 1.59. The molecule has 0 aliphatic carbocycles. The van der Waals surface area contributed by atoms with Crippen molar-refractivity contribution >= 4 is 17.3 Å². The molecule has 0 amide bonds. The first kappa shape index (κ1) is 18.5. The first-order valence-corrected chi connectivity index (χ1v) is 9.55. The van der Waals surface area contributed by atoms with Gasteiger partial charge in [0.25, 0.3) is 0 Å². The molecule has 0 spiro atoms. The maximum absolute atomic E-state index is 5.71. The molecule has 1 aliphatic rings. The number of nitrogens with one attached hydrogen (secondary N) is 2. The van der Waals surface area contributed by atoms with Gasteiger partial charge < -0.3 is 20.1 Å². The Morgan fingerprint density at radius 1 is 1.23 bits per heavy atom. The number of nitrogens with zero attached hydrogens (tertiary/aromatic N) is 2. The molecule has 3 rings (SSSR count). The predicted molar refractivity (Wildman–Crippen MR) is 106 cm³/mol. The average molecular weight is 375 g/mol. The maximum atomic E-state index is 5.71. The fourth-order valence-corrected chi connectivity index (χ4v) is 3.46. The van der Waals surface area contributed by atoms with Gasteiger partial charge in [-0.2, -0.15) is 0 Å². The standard InChI is InChI=1S/C19H26N4O2S/c1-13-10-21-17(26-13)11-22-18(20-4)23-12-19(2,3)14-5-6-15-16(9-14)25-8-7-24-15/h5-6,9-10H,7-8,11-12H2,1-4H3,(H2,20,22,23). The molecule has 2 N–H and O–H groups in total. The summed E-state index contributed by atoms with van der Waals surface area (Å²) in [5.41, 5.74) is 1.10. The third-order valence-corrected chi connectivity index (χ3v) is 5.23. The van der Waals surface area contributed by atoms with Crippen LogP contribution in [0.5, 0.6) is 11.5 Å². The van der Waals surface area contributed by atoms with Gasteiger partial charge in [-0.3, -0.25) is 4.99 Å². The topological polar surface area (TPSA) is 67.8 Å². The van der Waals surface area contributed by atoms with Crippen molar-refractivity contribution in [2.24, 2.45) is 4.99 Å². The van der Waals surface area contributed by atoms with Gasteiger partial charge >= 0.3 is 0 Å². The number of thiazole rings is 1. The van der Waals surface area contributed by atoms with E-state index in [-0.39, 0.29) is 5.41 Å². The van der Waals surface area contributed by atoms with E-state index in [4.69, 9.17) is 9.47 Å². The monoisotopic (exact) mass is 374 g/mol. The first-order chi connectivity index (χ1) is 12.5. The number of aryl methyl sites for hydroxylation is 1. The van der Waals surface area contributed by atoms with Crippen LogP contribution in [0.1, 0.15) is 29.3 Å². The molecule has 26 heavy (non-hydrogen) atoms. The zero-order chi connectivity index (χ0) is 18.6. The molecule has 140 valence electrons. The fourth-order valence-electron chi connectivity index (χ4n) is 2.73. The third-order valence-electron chi connectivity index (χ3n) is 4.32. The van der Waals surface area contributed by atoms with Gasteiger partial charge in [0.2, 0.25) is 0 Å². The van der Waals surface area contributed by atoms with Crippen molar-refractivity contribution in [1.29, 1.82) is 0 Å². The van der Waals surface area contributed by atoms with E-state index in [1.54, 1.807) is 18.4 Å². The highest BCUT2D eigenvalue weighted by Gasteiger charge is 2.23. The van der Waals surface area contributed by atoms with Gasteiger partial charge in [0.1, 0.15) is 18.2 Å². The lowest BCUT2D eigenvalue weighted by Gasteiger charge is -2.28. The molecule has 0 bridgehead atoms. The van der Waals surface area contributed by atoms with Crippen molar-refractivity contribution in [3.63, 3.8) is 0 Å². The van der Waals surface area contributed by atoms with Crippen molar-refractivity contribution in [2.45, 2.75) is 32.7 Å². The van der Waals surface area contributed by atoms with Crippen LogP contribution in [0.15, 0.2) is 29.4 Å². The van der Waals surface area contributed by atoms with Crippen LogP contribution in [0.2, 0.25) is 0 Å². The second-order valence-electron chi connectivity index (χ2n) is 6.89. The number of hydrogen-bond donors (Lipinski definition) is 2. The van der Waals surface area contributed by atoms with Crippen LogP contribution in [0.4, 0.5) is 0 Å². The molecule has 0 fully saturated rings. The quantitative estimate of drug-likeness (QED) is 0.622. The Morgan fingerprint density at radius 3 is 2.69 bits per heavy atom. The highest BCUT2D eigenvalue weighted by atomic mass is 32.1. The number of hydrogen-bond acceptors (Lipinski definition) is 5. The highest BCUT2D eigenvalue weighted by molar-refractivity contribution is 7.11. The minimum absolute atomic E-state index is 0.0920. The van der Waals surface area contributed by atoms with Crippen LogP contribution >= 0.6 is 11.3 Å². The summed E-state index contributed by atoms with van der Waals surface area (Å²) in [6, 6.07) is 6.16. The van der Waals surface area contributed by atoms with Gasteiger partial charge in [-0.25, -0.2) is 4.98 Å². The van der Waals surface area contributed by atoms with Gasteiger partial charge in [-0.15, -0.1) is 11.3 Å². The van der Waals surface area contributed by atoms with Crippen molar-refractivity contribution in [3.05, 3.63) is 39.8 Å². The smallest absolute Gasteiger partial charge is 0.191 e. The Labute approximate surface area is 158 Å². The Hall–Kier alpha value is -2.28.